The Labute approximate surface area is 107 Å². The molecule has 3 N–H and O–H groups in total. The average molecular weight is 268 g/mol. The summed E-state index contributed by atoms with van der Waals surface area (Å²) < 4.78 is 0. The topological polar surface area (TPSA) is 61.4 Å². The molecule has 90 valence electrons. The van der Waals surface area contributed by atoms with E-state index in [1.165, 1.54) is 22.7 Å². The summed E-state index contributed by atoms with van der Waals surface area (Å²) in [5.41, 5.74) is 0.825. The van der Waals surface area contributed by atoms with Gasteiger partial charge < -0.3 is 10.4 Å². The summed E-state index contributed by atoms with van der Waals surface area (Å²) in [7, 11) is 0. The fraction of sp³-hybridized carbons (Fsp3) is 0.182. The van der Waals surface area contributed by atoms with Crippen LogP contribution in [0.2, 0.25) is 0 Å². The second-order valence-electron chi connectivity index (χ2n) is 3.38. The Morgan fingerprint density at radius 3 is 2.94 bits per heavy atom. The summed E-state index contributed by atoms with van der Waals surface area (Å²) in [5.74, 6) is 0. The van der Waals surface area contributed by atoms with E-state index in [1.54, 1.807) is 0 Å². The highest BCUT2D eigenvalue weighted by molar-refractivity contribution is 7.14. The van der Waals surface area contributed by atoms with Gasteiger partial charge in [-0.25, -0.2) is 4.79 Å². The van der Waals surface area contributed by atoms with E-state index in [0.29, 0.717) is 0 Å². The van der Waals surface area contributed by atoms with E-state index < -0.39 is 6.10 Å². The first-order chi connectivity index (χ1) is 8.25. The molecule has 2 aromatic rings. The summed E-state index contributed by atoms with van der Waals surface area (Å²) in [5, 5.41) is 21.5. The van der Waals surface area contributed by atoms with Crippen molar-refractivity contribution < 1.29 is 9.90 Å². The Hall–Kier alpha value is -1.37. The molecule has 0 unspecified atom stereocenters. The van der Waals surface area contributed by atoms with Crippen molar-refractivity contribution >= 4 is 33.7 Å². The number of urea groups is 1. The average Bonchev–Trinajstić information content (AvgIpc) is 2.97. The van der Waals surface area contributed by atoms with Gasteiger partial charge in [0.2, 0.25) is 0 Å². The lowest BCUT2D eigenvalue weighted by Crippen LogP contribution is -2.32. The summed E-state index contributed by atoms with van der Waals surface area (Å²) in [6.07, 6.45) is -0.657. The standard InChI is InChI=1S/C11H12N2O2S2/c14-9(8-3-5-16-7-8)6-12-11(15)13-10-2-1-4-17-10/h1-5,7,9,14H,6H2,(H2,12,13,15)/t9-/m0/s1. The zero-order valence-electron chi connectivity index (χ0n) is 8.92. The molecule has 0 saturated heterocycles. The highest BCUT2D eigenvalue weighted by Gasteiger charge is 2.09. The van der Waals surface area contributed by atoms with Crippen LogP contribution in [0.15, 0.2) is 34.3 Å². The molecule has 0 fully saturated rings. The first-order valence-electron chi connectivity index (χ1n) is 5.04. The van der Waals surface area contributed by atoms with Crippen molar-refractivity contribution in [3.8, 4) is 0 Å². The van der Waals surface area contributed by atoms with Crippen molar-refractivity contribution in [3.63, 3.8) is 0 Å². The Morgan fingerprint density at radius 2 is 2.29 bits per heavy atom. The van der Waals surface area contributed by atoms with Gasteiger partial charge in [-0.05, 0) is 39.9 Å². The molecule has 0 bridgehead atoms. The Balaban J connectivity index is 1.76. The van der Waals surface area contributed by atoms with Gasteiger partial charge in [0.1, 0.15) is 0 Å². The molecule has 1 atom stereocenters. The number of thiophene rings is 2. The summed E-state index contributed by atoms with van der Waals surface area (Å²) in [6.45, 7) is 0.202. The fourth-order valence-electron chi connectivity index (χ4n) is 1.28. The largest absolute Gasteiger partial charge is 0.387 e. The molecule has 0 aliphatic rings. The monoisotopic (exact) mass is 268 g/mol. The minimum Gasteiger partial charge on any atom is -0.387 e. The van der Waals surface area contributed by atoms with Gasteiger partial charge >= 0.3 is 6.03 Å². The quantitative estimate of drug-likeness (QED) is 0.798. The molecule has 2 aromatic heterocycles. The number of carbonyl (C=O) groups excluding carboxylic acids is 1. The van der Waals surface area contributed by atoms with Gasteiger partial charge in [0.05, 0.1) is 11.1 Å². The molecule has 0 aliphatic heterocycles. The predicted molar refractivity (Wildman–Crippen MR) is 70.6 cm³/mol. The Kier molecular flexibility index (Phi) is 4.13. The maximum absolute atomic E-state index is 11.5. The van der Waals surface area contributed by atoms with E-state index in [4.69, 9.17) is 0 Å². The third-order valence-corrected chi connectivity index (χ3v) is 3.63. The van der Waals surface area contributed by atoms with Crippen LogP contribution in [-0.2, 0) is 0 Å². The highest BCUT2D eigenvalue weighted by atomic mass is 32.1. The second kappa shape index (κ2) is 5.81. The predicted octanol–water partition coefficient (Wildman–Crippen LogP) is 2.66. The maximum atomic E-state index is 11.5. The maximum Gasteiger partial charge on any atom is 0.319 e. The van der Waals surface area contributed by atoms with E-state index in [2.05, 4.69) is 10.6 Å². The summed E-state index contributed by atoms with van der Waals surface area (Å²) in [4.78, 5) is 11.5. The molecule has 17 heavy (non-hydrogen) atoms. The second-order valence-corrected chi connectivity index (χ2v) is 5.11. The third kappa shape index (κ3) is 3.55. The van der Waals surface area contributed by atoms with Crippen molar-refractivity contribution in [2.45, 2.75) is 6.10 Å². The molecular weight excluding hydrogens is 256 g/mol. The van der Waals surface area contributed by atoms with Crippen LogP contribution in [0, 0.1) is 0 Å². The van der Waals surface area contributed by atoms with Crippen LogP contribution in [-0.4, -0.2) is 17.7 Å². The van der Waals surface area contributed by atoms with Crippen LogP contribution in [0.5, 0.6) is 0 Å². The van der Waals surface area contributed by atoms with Crippen molar-refractivity contribution in [2.24, 2.45) is 0 Å². The lowest BCUT2D eigenvalue weighted by molar-refractivity contribution is 0.175. The van der Waals surface area contributed by atoms with Gasteiger partial charge in [-0.15, -0.1) is 11.3 Å². The smallest absolute Gasteiger partial charge is 0.319 e. The number of aliphatic hydroxyl groups is 1. The normalized spacial score (nSPS) is 12.1. The number of hydrogen-bond donors (Lipinski definition) is 3. The number of aliphatic hydroxyl groups excluding tert-OH is 1. The first-order valence-corrected chi connectivity index (χ1v) is 6.86. The molecule has 0 saturated carbocycles. The minimum atomic E-state index is -0.657. The number of carbonyl (C=O) groups is 1. The Morgan fingerprint density at radius 1 is 1.41 bits per heavy atom. The van der Waals surface area contributed by atoms with E-state index in [1.807, 2.05) is 34.3 Å². The number of anilines is 1. The molecule has 6 heteroatoms. The van der Waals surface area contributed by atoms with Crippen LogP contribution in [0.1, 0.15) is 11.7 Å². The van der Waals surface area contributed by atoms with Crippen LogP contribution in [0.25, 0.3) is 0 Å². The summed E-state index contributed by atoms with van der Waals surface area (Å²) in [6, 6.07) is 5.22. The fourth-order valence-corrected chi connectivity index (χ4v) is 2.60. The molecular formula is C11H12N2O2S2. The Bertz CT molecular complexity index is 454. The summed E-state index contributed by atoms with van der Waals surface area (Å²) >= 11 is 2.97. The van der Waals surface area contributed by atoms with Gasteiger partial charge in [0.15, 0.2) is 0 Å². The molecule has 0 radical (unpaired) electrons. The van der Waals surface area contributed by atoms with Crippen molar-refractivity contribution in [2.75, 3.05) is 11.9 Å². The lowest BCUT2D eigenvalue weighted by Gasteiger charge is -2.10. The van der Waals surface area contributed by atoms with Gasteiger partial charge in [-0.3, -0.25) is 5.32 Å². The minimum absolute atomic E-state index is 0.202. The van der Waals surface area contributed by atoms with Gasteiger partial charge in [0, 0.05) is 6.54 Å². The van der Waals surface area contributed by atoms with Gasteiger partial charge in [0.25, 0.3) is 0 Å². The SMILES string of the molecule is O=C(NC[C@H](O)c1ccsc1)Nc1cccs1. The van der Waals surface area contributed by atoms with Gasteiger partial charge in [-0.2, -0.15) is 11.3 Å². The molecule has 2 amide bonds. The third-order valence-electron chi connectivity index (χ3n) is 2.14. The number of nitrogens with one attached hydrogen (secondary N) is 2. The highest BCUT2D eigenvalue weighted by Crippen LogP contribution is 2.16. The zero-order valence-corrected chi connectivity index (χ0v) is 10.6. The van der Waals surface area contributed by atoms with Gasteiger partial charge in [-0.1, -0.05) is 0 Å². The number of hydrogen-bond acceptors (Lipinski definition) is 4. The van der Waals surface area contributed by atoms with Crippen LogP contribution >= 0.6 is 22.7 Å². The van der Waals surface area contributed by atoms with E-state index in [0.717, 1.165) is 10.6 Å². The molecule has 4 nitrogen and oxygen atoms in total. The van der Waals surface area contributed by atoms with E-state index in [9.17, 15) is 9.90 Å². The molecule has 0 aromatic carbocycles. The van der Waals surface area contributed by atoms with Crippen molar-refractivity contribution in [3.05, 3.63) is 39.9 Å². The van der Waals surface area contributed by atoms with Crippen LogP contribution < -0.4 is 10.6 Å². The van der Waals surface area contributed by atoms with Crippen LogP contribution in [0.3, 0.4) is 0 Å². The van der Waals surface area contributed by atoms with E-state index >= 15 is 0 Å². The molecule has 2 heterocycles. The molecule has 2 rings (SSSR count). The lowest BCUT2D eigenvalue weighted by atomic mass is 10.2. The molecule has 0 spiro atoms. The number of amides is 2. The molecule has 0 aliphatic carbocycles. The zero-order chi connectivity index (χ0) is 12.1. The van der Waals surface area contributed by atoms with Crippen molar-refractivity contribution in [1.82, 2.24) is 5.32 Å². The van der Waals surface area contributed by atoms with Crippen LogP contribution in [0.4, 0.5) is 9.80 Å². The number of rotatable bonds is 4. The van der Waals surface area contributed by atoms with Crippen molar-refractivity contribution in [1.29, 1.82) is 0 Å². The van der Waals surface area contributed by atoms with E-state index in [-0.39, 0.29) is 12.6 Å². The first kappa shape index (κ1) is 12.1.